The SMILES string of the molecule is Cc1sc(C#Cc2ccnc(-c3cc(C(=O)O)cc(-c4cc(C(=O)O)ccn4)n3)c2)c2ccsc12. The molecule has 0 fully saturated rings. The second-order valence-electron chi connectivity index (χ2n) is 7.50. The lowest BCUT2D eigenvalue weighted by atomic mass is 10.1. The fourth-order valence-corrected chi connectivity index (χ4v) is 5.53. The van der Waals surface area contributed by atoms with Crippen molar-refractivity contribution in [1.82, 2.24) is 15.0 Å². The molecule has 0 saturated heterocycles. The lowest BCUT2D eigenvalue weighted by Gasteiger charge is -2.07. The maximum Gasteiger partial charge on any atom is 0.335 e. The molecule has 0 aliphatic rings. The third kappa shape index (κ3) is 4.53. The first kappa shape index (κ1) is 22.4. The number of carboxylic acids is 2. The van der Waals surface area contributed by atoms with Crippen molar-refractivity contribution in [3.63, 3.8) is 0 Å². The Morgan fingerprint density at radius 3 is 2.20 bits per heavy atom. The molecule has 5 rings (SSSR count). The van der Waals surface area contributed by atoms with Crippen LogP contribution >= 0.6 is 22.7 Å². The zero-order chi connectivity index (χ0) is 24.5. The summed E-state index contributed by atoms with van der Waals surface area (Å²) < 4.78 is 1.25. The Kier molecular flexibility index (Phi) is 5.82. The molecule has 5 heterocycles. The third-order valence-electron chi connectivity index (χ3n) is 5.17. The zero-order valence-electron chi connectivity index (χ0n) is 18.1. The lowest BCUT2D eigenvalue weighted by Crippen LogP contribution is -2.02. The van der Waals surface area contributed by atoms with E-state index >= 15 is 0 Å². The molecule has 0 amide bonds. The third-order valence-corrected chi connectivity index (χ3v) is 7.37. The number of hydrogen-bond donors (Lipinski definition) is 2. The highest BCUT2D eigenvalue weighted by atomic mass is 32.1. The van der Waals surface area contributed by atoms with Crippen LogP contribution in [0.3, 0.4) is 0 Å². The molecule has 2 N–H and O–H groups in total. The standard InChI is InChI=1S/C26H15N3O4S2/c1-14-24-18(6-9-34-24)23(35-14)3-2-15-4-7-27-19(10-15)21-12-17(26(32)33)13-22(29-21)20-11-16(25(30)31)5-8-28-20/h4-13H,1H3,(H,30,31)(H,32,33). The molecular weight excluding hydrogens is 482 g/mol. The molecule has 170 valence electrons. The van der Waals surface area contributed by atoms with E-state index in [-0.39, 0.29) is 22.5 Å². The van der Waals surface area contributed by atoms with Gasteiger partial charge in [0, 0.05) is 32.9 Å². The minimum atomic E-state index is -1.15. The van der Waals surface area contributed by atoms with Crippen LogP contribution in [-0.4, -0.2) is 37.1 Å². The number of aromatic carboxylic acids is 2. The second kappa shape index (κ2) is 9.10. The van der Waals surface area contributed by atoms with Crippen LogP contribution < -0.4 is 0 Å². The number of pyridine rings is 3. The molecule has 0 atom stereocenters. The summed E-state index contributed by atoms with van der Waals surface area (Å²) >= 11 is 3.36. The van der Waals surface area contributed by atoms with Crippen molar-refractivity contribution in [1.29, 1.82) is 0 Å². The Morgan fingerprint density at radius 2 is 1.49 bits per heavy atom. The predicted octanol–water partition coefficient (Wildman–Crippen LogP) is 5.59. The highest BCUT2D eigenvalue weighted by Gasteiger charge is 2.15. The summed E-state index contributed by atoms with van der Waals surface area (Å²) in [6, 6.07) is 11.1. The molecule has 5 aromatic heterocycles. The molecule has 0 spiro atoms. The molecule has 0 saturated carbocycles. The number of aromatic nitrogens is 3. The Bertz CT molecular complexity index is 1690. The van der Waals surface area contributed by atoms with Crippen LogP contribution in [0.15, 0.2) is 60.2 Å². The number of aryl methyl sites for hydroxylation is 1. The van der Waals surface area contributed by atoms with Gasteiger partial charge in [-0.2, -0.15) is 0 Å². The van der Waals surface area contributed by atoms with Gasteiger partial charge in [-0.3, -0.25) is 9.97 Å². The van der Waals surface area contributed by atoms with Gasteiger partial charge in [-0.05, 0) is 60.7 Å². The molecule has 0 aromatic carbocycles. The normalized spacial score (nSPS) is 10.7. The van der Waals surface area contributed by atoms with Crippen LogP contribution in [-0.2, 0) is 0 Å². The van der Waals surface area contributed by atoms with E-state index < -0.39 is 11.9 Å². The maximum atomic E-state index is 11.8. The van der Waals surface area contributed by atoms with Crippen molar-refractivity contribution in [2.24, 2.45) is 0 Å². The van der Waals surface area contributed by atoms with E-state index in [1.807, 2.05) is 0 Å². The van der Waals surface area contributed by atoms with Crippen LogP contribution in [0.5, 0.6) is 0 Å². The molecule has 5 aromatic rings. The average Bonchev–Trinajstić information content (AvgIpc) is 3.47. The van der Waals surface area contributed by atoms with Gasteiger partial charge in [0.2, 0.25) is 0 Å². The number of carbonyl (C=O) groups is 2. The van der Waals surface area contributed by atoms with Gasteiger partial charge < -0.3 is 10.2 Å². The average molecular weight is 498 g/mol. The predicted molar refractivity (Wildman–Crippen MR) is 135 cm³/mol. The molecule has 0 unspecified atom stereocenters. The topological polar surface area (TPSA) is 113 Å². The summed E-state index contributed by atoms with van der Waals surface area (Å²) in [5.74, 6) is 4.15. The van der Waals surface area contributed by atoms with Crippen molar-refractivity contribution in [3.05, 3.63) is 86.7 Å². The number of carboxylic acid groups (broad SMARTS) is 2. The van der Waals surface area contributed by atoms with Crippen molar-refractivity contribution in [2.75, 3.05) is 0 Å². The molecule has 0 radical (unpaired) electrons. The van der Waals surface area contributed by atoms with E-state index in [0.29, 0.717) is 17.0 Å². The Balaban J connectivity index is 1.56. The molecule has 7 nitrogen and oxygen atoms in total. The summed E-state index contributed by atoms with van der Waals surface area (Å²) in [4.78, 5) is 38.4. The van der Waals surface area contributed by atoms with E-state index in [2.05, 4.69) is 45.2 Å². The van der Waals surface area contributed by atoms with Gasteiger partial charge in [0.25, 0.3) is 0 Å². The number of fused-ring (bicyclic) bond motifs is 1. The maximum absolute atomic E-state index is 11.8. The zero-order valence-corrected chi connectivity index (χ0v) is 19.8. The summed E-state index contributed by atoms with van der Waals surface area (Å²) in [6.07, 6.45) is 2.94. The number of hydrogen-bond acceptors (Lipinski definition) is 7. The van der Waals surface area contributed by atoms with E-state index in [4.69, 9.17) is 0 Å². The molecule has 0 aliphatic carbocycles. The second-order valence-corrected chi connectivity index (χ2v) is 9.64. The molecule has 0 bridgehead atoms. The summed E-state index contributed by atoms with van der Waals surface area (Å²) in [5.41, 5.74) is 1.96. The van der Waals surface area contributed by atoms with Crippen LogP contribution in [0.25, 0.3) is 32.9 Å². The van der Waals surface area contributed by atoms with Gasteiger partial charge in [0.15, 0.2) is 0 Å². The van der Waals surface area contributed by atoms with E-state index in [1.165, 1.54) is 40.0 Å². The minimum absolute atomic E-state index is 0.0141. The van der Waals surface area contributed by atoms with E-state index in [9.17, 15) is 19.8 Å². The Morgan fingerprint density at radius 1 is 0.829 bits per heavy atom. The monoisotopic (exact) mass is 497 g/mol. The van der Waals surface area contributed by atoms with Crippen molar-refractivity contribution < 1.29 is 19.8 Å². The first-order chi connectivity index (χ1) is 16.9. The molecular formula is C26H15N3O4S2. The quantitative estimate of drug-likeness (QED) is 0.311. The van der Waals surface area contributed by atoms with Crippen molar-refractivity contribution in [2.45, 2.75) is 6.92 Å². The van der Waals surface area contributed by atoms with Gasteiger partial charge in [0.05, 0.1) is 38.8 Å². The Labute approximate surface area is 207 Å². The Hall–Kier alpha value is -4.39. The van der Waals surface area contributed by atoms with Crippen LogP contribution in [0.4, 0.5) is 0 Å². The fourth-order valence-electron chi connectivity index (χ4n) is 3.51. The number of nitrogens with zero attached hydrogens (tertiary/aromatic N) is 3. The fraction of sp³-hybridized carbons (Fsp3) is 0.0385. The molecule has 9 heteroatoms. The minimum Gasteiger partial charge on any atom is -0.478 e. The first-order valence-corrected chi connectivity index (χ1v) is 12.0. The van der Waals surface area contributed by atoms with Crippen LogP contribution in [0, 0.1) is 18.8 Å². The smallest absolute Gasteiger partial charge is 0.335 e. The summed E-state index contributed by atoms with van der Waals surface area (Å²) in [5, 5.41) is 22.1. The highest BCUT2D eigenvalue weighted by Crippen LogP contribution is 2.34. The van der Waals surface area contributed by atoms with Crippen molar-refractivity contribution in [3.8, 4) is 34.6 Å². The van der Waals surface area contributed by atoms with E-state index in [0.717, 1.165) is 10.3 Å². The number of rotatable bonds is 4. The molecule has 0 aliphatic heterocycles. The largest absolute Gasteiger partial charge is 0.478 e. The van der Waals surface area contributed by atoms with E-state index in [1.54, 1.807) is 41.0 Å². The summed E-state index contributed by atoms with van der Waals surface area (Å²) in [6.45, 7) is 2.08. The van der Waals surface area contributed by atoms with Gasteiger partial charge in [-0.15, -0.1) is 22.7 Å². The van der Waals surface area contributed by atoms with Crippen LogP contribution in [0.1, 0.15) is 36.0 Å². The van der Waals surface area contributed by atoms with Crippen molar-refractivity contribution >= 4 is 44.7 Å². The van der Waals surface area contributed by atoms with Gasteiger partial charge in [-0.25, -0.2) is 14.6 Å². The highest BCUT2D eigenvalue weighted by molar-refractivity contribution is 7.23. The van der Waals surface area contributed by atoms with Gasteiger partial charge in [0.1, 0.15) is 0 Å². The molecule has 35 heavy (non-hydrogen) atoms. The first-order valence-electron chi connectivity index (χ1n) is 10.3. The number of thiophene rings is 2. The van der Waals surface area contributed by atoms with Gasteiger partial charge in [-0.1, -0.05) is 5.92 Å². The van der Waals surface area contributed by atoms with Crippen LogP contribution in [0.2, 0.25) is 0 Å². The van der Waals surface area contributed by atoms with Gasteiger partial charge >= 0.3 is 11.9 Å². The summed E-state index contributed by atoms with van der Waals surface area (Å²) in [7, 11) is 0. The lowest BCUT2D eigenvalue weighted by molar-refractivity contribution is 0.0686.